The van der Waals surface area contributed by atoms with Crippen LogP contribution in [0.1, 0.15) is 16.8 Å². The molecule has 0 bridgehead atoms. The van der Waals surface area contributed by atoms with E-state index in [1.165, 1.54) is 28.9 Å². The third-order valence-electron chi connectivity index (χ3n) is 4.77. The summed E-state index contributed by atoms with van der Waals surface area (Å²) in [5.41, 5.74) is 1.91. The third kappa shape index (κ3) is 4.37. The van der Waals surface area contributed by atoms with Crippen molar-refractivity contribution in [2.45, 2.75) is 11.8 Å². The molecule has 0 aliphatic rings. The number of aryl methyl sites for hydroxylation is 1. The van der Waals surface area contributed by atoms with Crippen molar-refractivity contribution in [1.29, 1.82) is 0 Å². The molecule has 4 aromatic rings. The average molecular weight is 467 g/mol. The minimum Gasteiger partial charge on any atom is -0.295 e. The Morgan fingerprint density at radius 1 is 0.938 bits per heavy atom. The second-order valence-corrected chi connectivity index (χ2v) is 9.06. The van der Waals surface area contributed by atoms with Crippen LogP contribution in [0, 0.1) is 6.92 Å². The molecular formula is C23H19ClN4O3S. The van der Waals surface area contributed by atoms with Crippen molar-refractivity contribution in [3.8, 4) is 5.69 Å². The van der Waals surface area contributed by atoms with Gasteiger partial charge in [-0.1, -0.05) is 60.1 Å². The fraction of sp³-hybridized carbons (Fsp3) is 0.0435. The third-order valence-corrected chi connectivity index (χ3v) is 6.25. The highest BCUT2D eigenvalue weighted by Gasteiger charge is 2.21. The quantitative estimate of drug-likeness (QED) is 0.333. The second-order valence-electron chi connectivity index (χ2n) is 6.96. The Bertz CT molecular complexity index is 1430. The maximum absolute atomic E-state index is 13.3. The number of H-pyrrole nitrogens is 1. The van der Waals surface area contributed by atoms with Gasteiger partial charge in [0.15, 0.2) is 0 Å². The van der Waals surface area contributed by atoms with E-state index in [-0.39, 0.29) is 21.7 Å². The number of nitrogens with one attached hydrogen (secondary N) is 2. The summed E-state index contributed by atoms with van der Waals surface area (Å²) in [6.45, 7) is 1.74. The summed E-state index contributed by atoms with van der Waals surface area (Å²) < 4.78 is 26.9. The number of hydrogen-bond acceptors (Lipinski definition) is 4. The lowest BCUT2D eigenvalue weighted by atomic mass is 10.0. The lowest BCUT2D eigenvalue weighted by molar-refractivity contribution is 0.584. The molecule has 0 atom stereocenters. The number of benzene rings is 3. The van der Waals surface area contributed by atoms with Gasteiger partial charge in [0.25, 0.3) is 15.6 Å². The van der Waals surface area contributed by atoms with Crippen LogP contribution in [-0.4, -0.2) is 23.9 Å². The van der Waals surface area contributed by atoms with Crippen LogP contribution in [0.2, 0.25) is 5.02 Å². The standard InChI is InChI=1S/C23H19ClN4O3S/c1-16-21(23(29)28(26-16)19-10-6-3-7-11-19)22(17-8-4-2-5-9-17)25-27-32(30,31)20-14-12-18(24)13-15-20/h2-15,26-27H,1H3. The van der Waals surface area contributed by atoms with Crippen LogP contribution < -0.4 is 10.4 Å². The van der Waals surface area contributed by atoms with Gasteiger partial charge in [-0.3, -0.25) is 9.89 Å². The molecule has 1 heterocycles. The lowest BCUT2D eigenvalue weighted by Crippen LogP contribution is -2.25. The molecule has 9 heteroatoms. The minimum atomic E-state index is -3.97. The minimum absolute atomic E-state index is 0.00514. The van der Waals surface area contributed by atoms with Crippen molar-refractivity contribution in [2.24, 2.45) is 5.10 Å². The molecule has 3 aromatic carbocycles. The van der Waals surface area contributed by atoms with E-state index in [0.29, 0.717) is 22.0 Å². The summed E-state index contributed by atoms with van der Waals surface area (Å²) in [4.78, 5) is 15.6. The first kappa shape index (κ1) is 21.6. The van der Waals surface area contributed by atoms with Crippen LogP contribution in [0.3, 0.4) is 0 Å². The Hall–Kier alpha value is -3.62. The monoisotopic (exact) mass is 466 g/mol. The van der Waals surface area contributed by atoms with Crippen molar-refractivity contribution in [1.82, 2.24) is 14.6 Å². The molecule has 0 saturated heterocycles. The molecule has 7 nitrogen and oxygen atoms in total. The number of para-hydroxylation sites is 1. The molecule has 4 rings (SSSR count). The topological polar surface area (TPSA) is 96.3 Å². The average Bonchev–Trinajstić information content (AvgIpc) is 3.10. The summed E-state index contributed by atoms with van der Waals surface area (Å²) >= 11 is 5.85. The maximum atomic E-state index is 13.3. The largest absolute Gasteiger partial charge is 0.295 e. The van der Waals surface area contributed by atoms with Crippen molar-refractivity contribution < 1.29 is 8.42 Å². The zero-order valence-corrected chi connectivity index (χ0v) is 18.6. The van der Waals surface area contributed by atoms with Gasteiger partial charge < -0.3 is 0 Å². The van der Waals surface area contributed by atoms with Crippen LogP contribution in [0.5, 0.6) is 0 Å². The number of hydrogen-bond donors (Lipinski definition) is 2. The summed E-state index contributed by atoms with van der Waals surface area (Å²) in [5.74, 6) is 0. The number of aromatic amines is 1. The highest BCUT2D eigenvalue weighted by Crippen LogP contribution is 2.16. The number of halogens is 1. The fourth-order valence-electron chi connectivity index (χ4n) is 3.22. The highest BCUT2D eigenvalue weighted by atomic mass is 35.5. The number of hydrazone groups is 1. The number of aromatic nitrogens is 2. The Kier molecular flexibility index (Phi) is 5.98. The van der Waals surface area contributed by atoms with Gasteiger partial charge in [0.1, 0.15) is 5.71 Å². The Morgan fingerprint density at radius 2 is 1.53 bits per heavy atom. The summed E-state index contributed by atoms with van der Waals surface area (Å²) in [5, 5.41) is 7.64. The van der Waals surface area contributed by atoms with Gasteiger partial charge >= 0.3 is 0 Å². The summed E-state index contributed by atoms with van der Waals surface area (Å²) in [7, 11) is -3.97. The first-order chi connectivity index (χ1) is 15.4. The van der Waals surface area contributed by atoms with E-state index in [0.717, 1.165) is 0 Å². The van der Waals surface area contributed by atoms with Gasteiger partial charge in [0.05, 0.1) is 16.1 Å². The van der Waals surface area contributed by atoms with Gasteiger partial charge in [0, 0.05) is 16.3 Å². The van der Waals surface area contributed by atoms with Crippen molar-refractivity contribution in [2.75, 3.05) is 0 Å². The zero-order valence-electron chi connectivity index (χ0n) is 17.0. The number of rotatable bonds is 6. The zero-order chi connectivity index (χ0) is 22.7. The first-order valence-corrected chi connectivity index (χ1v) is 11.5. The van der Waals surface area contributed by atoms with Gasteiger partial charge in [-0.15, -0.1) is 0 Å². The lowest BCUT2D eigenvalue weighted by Gasteiger charge is -2.08. The molecule has 0 amide bonds. The molecule has 1 aromatic heterocycles. The molecule has 0 spiro atoms. The van der Waals surface area contributed by atoms with E-state index in [1.54, 1.807) is 43.3 Å². The maximum Gasteiger partial charge on any atom is 0.281 e. The number of sulfonamides is 1. The Labute approximate surface area is 190 Å². The summed E-state index contributed by atoms with van der Waals surface area (Å²) in [6.07, 6.45) is 0. The highest BCUT2D eigenvalue weighted by molar-refractivity contribution is 7.89. The molecular weight excluding hydrogens is 448 g/mol. The van der Waals surface area contributed by atoms with Crippen LogP contribution in [-0.2, 0) is 10.0 Å². The van der Waals surface area contributed by atoms with Gasteiger partial charge in [-0.2, -0.15) is 18.4 Å². The van der Waals surface area contributed by atoms with E-state index in [1.807, 2.05) is 24.3 Å². The summed E-state index contributed by atoms with van der Waals surface area (Å²) in [6, 6.07) is 23.7. The molecule has 0 saturated carbocycles. The van der Waals surface area contributed by atoms with Crippen molar-refractivity contribution in [3.63, 3.8) is 0 Å². The smallest absolute Gasteiger partial charge is 0.281 e. The second kappa shape index (κ2) is 8.86. The predicted octanol–water partition coefficient (Wildman–Crippen LogP) is 3.86. The predicted molar refractivity (Wildman–Crippen MR) is 125 cm³/mol. The van der Waals surface area contributed by atoms with Gasteiger partial charge in [-0.05, 0) is 43.3 Å². The first-order valence-electron chi connectivity index (χ1n) is 9.65. The van der Waals surface area contributed by atoms with Crippen molar-refractivity contribution >= 4 is 27.3 Å². The molecule has 0 aliphatic heterocycles. The van der Waals surface area contributed by atoms with Crippen LogP contribution >= 0.6 is 11.6 Å². The van der Waals surface area contributed by atoms with E-state index in [4.69, 9.17) is 11.6 Å². The fourth-order valence-corrected chi connectivity index (χ4v) is 4.15. The molecule has 0 radical (unpaired) electrons. The molecule has 162 valence electrons. The molecule has 0 unspecified atom stereocenters. The van der Waals surface area contributed by atoms with E-state index in [9.17, 15) is 13.2 Å². The van der Waals surface area contributed by atoms with E-state index < -0.39 is 10.0 Å². The van der Waals surface area contributed by atoms with Gasteiger partial charge in [-0.25, -0.2) is 4.68 Å². The van der Waals surface area contributed by atoms with Crippen molar-refractivity contribution in [3.05, 3.63) is 117 Å². The van der Waals surface area contributed by atoms with E-state index in [2.05, 4.69) is 15.0 Å². The molecule has 32 heavy (non-hydrogen) atoms. The van der Waals surface area contributed by atoms with Gasteiger partial charge in [0.2, 0.25) is 0 Å². The van der Waals surface area contributed by atoms with Crippen LogP contribution in [0.4, 0.5) is 0 Å². The number of nitrogens with zero attached hydrogens (tertiary/aromatic N) is 2. The van der Waals surface area contributed by atoms with Crippen LogP contribution in [0.25, 0.3) is 5.69 Å². The molecule has 2 N–H and O–H groups in total. The normalized spacial score (nSPS) is 12.0. The SMILES string of the molecule is Cc1[nH]n(-c2ccccc2)c(=O)c1C(=NNS(=O)(=O)c1ccc(Cl)cc1)c1ccccc1. The Morgan fingerprint density at radius 3 is 2.16 bits per heavy atom. The Balaban J connectivity index is 1.82. The van der Waals surface area contributed by atoms with Crippen LogP contribution in [0.15, 0.2) is 99.7 Å². The molecule has 0 aliphatic carbocycles. The van der Waals surface area contributed by atoms with E-state index >= 15 is 0 Å². The molecule has 0 fully saturated rings.